The molecule has 2 aromatic rings. The van der Waals surface area contributed by atoms with Crippen molar-refractivity contribution in [1.29, 1.82) is 0 Å². The number of aromatic nitrogens is 2. The normalized spacial score (nSPS) is 10.5. The van der Waals surface area contributed by atoms with Crippen LogP contribution in [0.2, 0.25) is 0 Å². The van der Waals surface area contributed by atoms with E-state index >= 15 is 0 Å². The van der Waals surface area contributed by atoms with Gasteiger partial charge in [0.25, 0.3) is 0 Å². The summed E-state index contributed by atoms with van der Waals surface area (Å²) in [6, 6.07) is 10.4. The van der Waals surface area contributed by atoms with E-state index in [0.717, 1.165) is 25.1 Å². The minimum atomic E-state index is -0.292. The lowest BCUT2D eigenvalue weighted by Gasteiger charge is -2.06. The van der Waals surface area contributed by atoms with Crippen molar-refractivity contribution in [2.45, 2.75) is 33.2 Å². The van der Waals surface area contributed by atoms with Gasteiger partial charge in [0.2, 0.25) is 0 Å². The van der Waals surface area contributed by atoms with Crippen LogP contribution in [-0.2, 0) is 17.7 Å². The summed E-state index contributed by atoms with van der Waals surface area (Å²) in [4.78, 5) is 11.7. The maximum atomic E-state index is 11.7. The van der Waals surface area contributed by atoms with Gasteiger partial charge in [-0.25, -0.2) is 4.79 Å². The predicted octanol–water partition coefficient (Wildman–Crippen LogP) is 3.00. The third kappa shape index (κ3) is 3.47. The summed E-state index contributed by atoms with van der Waals surface area (Å²) in [6.45, 7) is 4.90. The first-order valence-electron chi connectivity index (χ1n) is 6.95. The van der Waals surface area contributed by atoms with Crippen LogP contribution in [0.5, 0.6) is 0 Å². The lowest BCUT2D eigenvalue weighted by molar-refractivity contribution is 0.0525. The Hall–Kier alpha value is -2.10. The van der Waals surface area contributed by atoms with Crippen molar-refractivity contribution in [3.05, 3.63) is 53.3 Å². The molecule has 1 aromatic carbocycles. The molecular weight excluding hydrogens is 252 g/mol. The van der Waals surface area contributed by atoms with Crippen molar-refractivity contribution in [2.75, 3.05) is 6.61 Å². The average Bonchev–Trinajstić information content (AvgIpc) is 2.82. The number of hydrogen-bond acceptors (Lipinski definition) is 3. The maximum absolute atomic E-state index is 11.7. The van der Waals surface area contributed by atoms with E-state index < -0.39 is 0 Å². The zero-order valence-corrected chi connectivity index (χ0v) is 12.0. The van der Waals surface area contributed by atoms with Crippen LogP contribution in [0, 0.1) is 6.92 Å². The first-order valence-corrected chi connectivity index (χ1v) is 6.95. The van der Waals surface area contributed by atoms with Crippen LogP contribution in [0.25, 0.3) is 0 Å². The first-order chi connectivity index (χ1) is 9.72. The van der Waals surface area contributed by atoms with E-state index in [1.54, 1.807) is 13.1 Å². The summed E-state index contributed by atoms with van der Waals surface area (Å²) in [7, 11) is 0. The molecule has 0 saturated carbocycles. The molecule has 0 aliphatic rings. The van der Waals surface area contributed by atoms with E-state index in [0.29, 0.717) is 12.2 Å². The Kier molecular flexibility index (Phi) is 4.93. The van der Waals surface area contributed by atoms with Gasteiger partial charge in [0.15, 0.2) is 0 Å². The molecule has 0 saturated heterocycles. The minimum absolute atomic E-state index is 0.292. The van der Waals surface area contributed by atoms with Gasteiger partial charge in [-0.05, 0) is 32.3 Å². The van der Waals surface area contributed by atoms with Gasteiger partial charge in [0.1, 0.15) is 5.56 Å². The van der Waals surface area contributed by atoms with E-state index in [1.807, 2.05) is 29.8 Å². The van der Waals surface area contributed by atoms with E-state index in [1.165, 1.54) is 5.56 Å². The van der Waals surface area contributed by atoms with Gasteiger partial charge in [-0.1, -0.05) is 30.3 Å². The fourth-order valence-electron chi connectivity index (χ4n) is 2.16. The van der Waals surface area contributed by atoms with Gasteiger partial charge < -0.3 is 4.74 Å². The van der Waals surface area contributed by atoms with E-state index in [-0.39, 0.29) is 5.97 Å². The standard InChI is InChI=1S/C16H20N2O2/c1-3-20-16(19)15-12-17-18(13(15)2)11-7-10-14-8-5-4-6-9-14/h4-6,8-9,12H,3,7,10-11H2,1-2H3. The summed E-state index contributed by atoms with van der Waals surface area (Å²) in [5.74, 6) is -0.292. The third-order valence-electron chi connectivity index (χ3n) is 3.28. The quantitative estimate of drug-likeness (QED) is 0.759. The predicted molar refractivity (Wildman–Crippen MR) is 77.7 cm³/mol. The summed E-state index contributed by atoms with van der Waals surface area (Å²) in [5, 5.41) is 4.27. The van der Waals surface area contributed by atoms with Crippen molar-refractivity contribution in [2.24, 2.45) is 0 Å². The number of ether oxygens (including phenoxy) is 1. The number of nitrogens with zero attached hydrogens (tertiary/aromatic N) is 2. The molecule has 4 nitrogen and oxygen atoms in total. The molecule has 106 valence electrons. The highest BCUT2D eigenvalue weighted by molar-refractivity contribution is 5.90. The molecule has 0 atom stereocenters. The molecule has 0 aliphatic carbocycles. The number of carbonyl (C=O) groups is 1. The second-order valence-corrected chi connectivity index (χ2v) is 4.68. The lowest BCUT2D eigenvalue weighted by atomic mass is 10.1. The van der Waals surface area contributed by atoms with Crippen LogP contribution in [0.1, 0.15) is 35.0 Å². The molecule has 0 N–H and O–H groups in total. The van der Waals surface area contributed by atoms with Crippen LogP contribution in [-0.4, -0.2) is 22.4 Å². The van der Waals surface area contributed by atoms with Crippen molar-refractivity contribution < 1.29 is 9.53 Å². The minimum Gasteiger partial charge on any atom is -0.462 e. The Bertz CT molecular complexity index is 561. The van der Waals surface area contributed by atoms with Gasteiger partial charge in [0, 0.05) is 12.2 Å². The monoisotopic (exact) mass is 272 g/mol. The molecule has 1 aromatic heterocycles. The number of hydrogen-bond donors (Lipinski definition) is 0. The molecule has 0 radical (unpaired) electrons. The molecule has 4 heteroatoms. The molecule has 0 aliphatic heterocycles. The SMILES string of the molecule is CCOC(=O)c1cnn(CCCc2ccccc2)c1C. The fourth-order valence-corrected chi connectivity index (χ4v) is 2.16. The summed E-state index contributed by atoms with van der Waals surface area (Å²) >= 11 is 0. The number of benzene rings is 1. The van der Waals surface area contributed by atoms with Crippen molar-refractivity contribution in [3.8, 4) is 0 Å². The molecule has 0 bridgehead atoms. The van der Waals surface area contributed by atoms with Crippen molar-refractivity contribution >= 4 is 5.97 Å². The summed E-state index contributed by atoms with van der Waals surface area (Å²) in [6.07, 6.45) is 3.60. The van der Waals surface area contributed by atoms with Crippen LogP contribution < -0.4 is 0 Å². The van der Waals surface area contributed by atoms with E-state index in [2.05, 4.69) is 17.2 Å². The van der Waals surface area contributed by atoms with Crippen molar-refractivity contribution in [1.82, 2.24) is 9.78 Å². The van der Waals surface area contributed by atoms with Crippen LogP contribution >= 0.6 is 0 Å². The largest absolute Gasteiger partial charge is 0.462 e. The Morgan fingerprint density at radius 1 is 1.30 bits per heavy atom. The molecule has 1 heterocycles. The molecular formula is C16H20N2O2. The second-order valence-electron chi connectivity index (χ2n) is 4.68. The number of esters is 1. The van der Waals surface area contributed by atoms with Gasteiger partial charge in [0.05, 0.1) is 12.8 Å². The van der Waals surface area contributed by atoms with Crippen LogP contribution in [0.3, 0.4) is 0 Å². The lowest BCUT2D eigenvalue weighted by Crippen LogP contribution is -2.08. The van der Waals surface area contributed by atoms with Gasteiger partial charge in [-0.3, -0.25) is 4.68 Å². The Labute approximate surface area is 119 Å². The van der Waals surface area contributed by atoms with E-state index in [9.17, 15) is 4.79 Å². The van der Waals surface area contributed by atoms with E-state index in [4.69, 9.17) is 4.74 Å². The highest BCUT2D eigenvalue weighted by Gasteiger charge is 2.14. The smallest absolute Gasteiger partial charge is 0.341 e. The van der Waals surface area contributed by atoms with Crippen LogP contribution in [0.15, 0.2) is 36.5 Å². The molecule has 0 fully saturated rings. The molecule has 0 unspecified atom stereocenters. The average molecular weight is 272 g/mol. The first kappa shape index (κ1) is 14.3. The molecule has 0 spiro atoms. The summed E-state index contributed by atoms with van der Waals surface area (Å²) in [5.41, 5.74) is 2.76. The summed E-state index contributed by atoms with van der Waals surface area (Å²) < 4.78 is 6.87. The Morgan fingerprint density at radius 3 is 2.75 bits per heavy atom. The zero-order valence-electron chi connectivity index (χ0n) is 12.0. The molecule has 20 heavy (non-hydrogen) atoms. The Morgan fingerprint density at radius 2 is 2.05 bits per heavy atom. The second kappa shape index (κ2) is 6.89. The Balaban J connectivity index is 1.92. The van der Waals surface area contributed by atoms with Gasteiger partial charge in [-0.15, -0.1) is 0 Å². The molecule has 2 rings (SSSR count). The highest BCUT2D eigenvalue weighted by atomic mass is 16.5. The third-order valence-corrected chi connectivity index (χ3v) is 3.28. The van der Waals surface area contributed by atoms with Crippen LogP contribution in [0.4, 0.5) is 0 Å². The zero-order chi connectivity index (χ0) is 14.4. The van der Waals surface area contributed by atoms with Gasteiger partial charge >= 0.3 is 5.97 Å². The fraction of sp³-hybridized carbons (Fsp3) is 0.375. The number of aryl methyl sites for hydroxylation is 2. The maximum Gasteiger partial charge on any atom is 0.341 e. The number of carbonyl (C=O) groups excluding carboxylic acids is 1. The van der Waals surface area contributed by atoms with Gasteiger partial charge in [-0.2, -0.15) is 5.10 Å². The molecule has 0 amide bonds. The topological polar surface area (TPSA) is 44.1 Å². The van der Waals surface area contributed by atoms with Crippen molar-refractivity contribution in [3.63, 3.8) is 0 Å². The number of rotatable bonds is 6. The highest BCUT2D eigenvalue weighted by Crippen LogP contribution is 2.11.